The van der Waals surface area contributed by atoms with E-state index in [0.717, 1.165) is 31.3 Å². The smallest absolute Gasteiger partial charge is 0.220 e. The molecule has 2 rings (SSSR count). The number of nitrogens with two attached hydrogens (primary N) is 1. The molecule has 2 aliphatic carbocycles. The van der Waals surface area contributed by atoms with E-state index in [0.29, 0.717) is 0 Å². The molecule has 2 saturated carbocycles. The number of hydrogen-bond donors (Lipinski definition) is 2. The van der Waals surface area contributed by atoms with E-state index in [1.54, 1.807) is 0 Å². The van der Waals surface area contributed by atoms with Crippen LogP contribution in [0.15, 0.2) is 0 Å². The Kier molecular flexibility index (Phi) is 3.62. The lowest BCUT2D eigenvalue weighted by atomic mass is 9.81. The molecule has 0 aromatic rings. The average molecular weight is 210 g/mol. The lowest BCUT2D eigenvalue weighted by Crippen LogP contribution is -2.39. The van der Waals surface area contributed by atoms with E-state index in [4.69, 9.17) is 5.73 Å². The van der Waals surface area contributed by atoms with Gasteiger partial charge in [-0.1, -0.05) is 6.42 Å². The third-order valence-corrected chi connectivity index (χ3v) is 4.05. The molecule has 0 aliphatic heterocycles. The molecule has 0 bridgehead atoms. The first-order valence-corrected chi connectivity index (χ1v) is 6.28. The summed E-state index contributed by atoms with van der Waals surface area (Å²) in [6.45, 7) is 1.15. The van der Waals surface area contributed by atoms with Crippen LogP contribution in [0.5, 0.6) is 0 Å². The summed E-state index contributed by atoms with van der Waals surface area (Å²) in [5, 5.41) is 3.62. The van der Waals surface area contributed by atoms with Gasteiger partial charge in [0.05, 0.1) is 0 Å². The minimum atomic E-state index is -0.0968. The minimum Gasteiger partial charge on any atom is -0.369 e. The number of rotatable bonds is 4. The van der Waals surface area contributed by atoms with Crippen molar-refractivity contribution in [3.63, 3.8) is 0 Å². The highest BCUT2D eigenvalue weighted by molar-refractivity contribution is 5.76. The van der Waals surface area contributed by atoms with Crippen molar-refractivity contribution in [3.8, 4) is 0 Å². The molecule has 2 fully saturated rings. The van der Waals surface area contributed by atoms with E-state index >= 15 is 0 Å². The number of primary amides is 1. The first-order chi connectivity index (χ1) is 7.25. The van der Waals surface area contributed by atoms with Gasteiger partial charge in [0.25, 0.3) is 0 Å². The monoisotopic (exact) mass is 210 g/mol. The van der Waals surface area contributed by atoms with Crippen molar-refractivity contribution in [2.24, 2.45) is 17.6 Å². The Hall–Kier alpha value is -0.570. The maximum absolute atomic E-state index is 11.0. The number of nitrogens with one attached hydrogen (secondary N) is 1. The number of carbonyl (C=O) groups excluding carboxylic acids is 1. The topological polar surface area (TPSA) is 55.1 Å². The van der Waals surface area contributed by atoms with E-state index < -0.39 is 0 Å². The highest BCUT2D eigenvalue weighted by atomic mass is 16.1. The zero-order chi connectivity index (χ0) is 10.7. The van der Waals surface area contributed by atoms with Crippen molar-refractivity contribution in [2.75, 3.05) is 6.54 Å². The molecule has 0 unspecified atom stereocenters. The van der Waals surface area contributed by atoms with Gasteiger partial charge in [0.1, 0.15) is 0 Å². The highest BCUT2D eigenvalue weighted by Gasteiger charge is 2.25. The third kappa shape index (κ3) is 2.94. The summed E-state index contributed by atoms with van der Waals surface area (Å²) in [6.07, 6.45) is 8.47. The Morgan fingerprint density at radius 2 is 1.80 bits per heavy atom. The normalized spacial score (nSPS) is 32.3. The van der Waals surface area contributed by atoms with Gasteiger partial charge >= 0.3 is 0 Å². The zero-order valence-corrected chi connectivity index (χ0v) is 9.37. The average Bonchev–Trinajstić information content (AvgIpc) is 2.16. The Morgan fingerprint density at radius 3 is 2.27 bits per heavy atom. The summed E-state index contributed by atoms with van der Waals surface area (Å²) in [4.78, 5) is 11.0. The molecule has 0 saturated heterocycles. The maximum Gasteiger partial charge on any atom is 0.220 e. The Labute approximate surface area is 91.8 Å². The second-order valence-electron chi connectivity index (χ2n) is 5.16. The summed E-state index contributed by atoms with van der Waals surface area (Å²) in [7, 11) is 0. The SMILES string of the molecule is NC(=O)C1CCC(CNC2CCC2)CC1. The Balaban J connectivity index is 1.62. The van der Waals surface area contributed by atoms with Crippen molar-refractivity contribution in [1.82, 2.24) is 5.32 Å². The van der Waals surface area contributed by atoms with Crippen molar-refractivity contribution in [1.29, 1.82) is 0 Å². The Bertz CT molecular complexity index is 218. The molecule has 15 heavy (non-hydrogen) atoms. The third-order valence-electron chi connectivity index (χ3n) is 4.05. The van der Waals surface area contributed by atoms with Crippen LogP contribution in [0.3, 0.4) is 0 Å². The number of amides is 1. The van der Waals surface area contributed by atoms with Gasteiger partial charge in [-0.15, -0.1) is 0 Å². The summed E-state index contributed by atoms with van der Waals surface area (Å²) >= 11 is 0. The molecule has 3 nitrogen and oxygen atoms in total. The molecule has 1 amide bonds. The van der Waals surface area contributed by atoms with Crippen LogP contribution < -0.4 is 11.1 Å². The van der Waals surface area contributed by atoms with Gasteiger partial charge in [-0.2, -0.15) is 0 Å². The van der Waals surface area contributed by atoms with Crippen LogP contribution in [0.1, 0.15) is 44.9 Å². The minimum absolute atomic E-state index is 0.0968. The lowest BCUT2D eigenvalue weighted by Gasteiger charge is -2.31. The van der Waals surface area contributed by atoms with Gasteiger partial charge in [0, 0.05) is 12.0 Å². The highest BCUT2D eigenvalue weighted by Crippen LogP contribution is 2.28. The molecule has 3 N–H and O–H groups in total. The van der Waals surface area contributed by atoms with Gasteiger partial charge in [-0.05, 0) is 51.0 Å². The predicted molar refractivity (Wildman–Crippen MR) is 60.3 cm³/mol. The quantitative estimate of drug-likeness (QED) is 0.737. The van der Waals surface area contributed by atoms with Crippen LogP contribution in [0.25, 0.3) is 0 Å². The summed E-state index contributed by atoms with van der Waals surface area (Å²) < 4.78 is 0. The van der Waals surface area contributed by atoms with E-state index in [-0.39, 0.29) is 11.8 Å². The standard InChI is InChI=1S/C12H22N2O/c13-12(15)10-6-4-9(5-7-10)8-14-11-2-1-3-11/h9-11,14H,1-8H2,(H2,13,15). The van der Waals surface area contributed by atoms with Crippen molar-refractivity contribution in [3.05, 3.63) is 0 Å². The number of carbonyl (C=O) groups is 1. The predicted octanol–water partition coefficient (Wildman–Crippen LogP) is 1.42. The summed E-state index contributed by atoms with van der Waals surface area (Å²) in [5.74, 6) is 0.839. The van der Waals surface area contributed by atoms with Gasteiger partial charge in [-0.25, -0.2) is 0 Å². The molecule has 0 aromatic carbocycles. The second-order valence-corrected chi connectivity index (χ2v) is 5.16. The van der Waals surface area contributed by atoms with Crippen LogP contribution in [-0.4, -0.2) is 18.5 Å². The summed E-state index contributed by atoms with van der Waals surface area (Å²) in [5.41, 5.74) is 5.31. The molecule has 0 heterocycles. The largest absolute Gasteiger partial charge is 0.369 e. The first-order valence-electron chi connectivity index (χ1n) is 6.28. The lowest BCUT2D eigenvalue weighted by molar-refractivity contribution is -0.122. The van der Waals surface area contributed by atoms with Crippen molar-refractivity contribution in [2.45, 2.75) is 51.0 Å². The zero-order valence-electron chi connectivity index (χ0n) is 9.37. The fraction of sp³-hybridized carbons (Fsp3) is 0.917. The van der Waals surface area contributed by atoms with E-state index in [9.17, 15) is 4.79 Å². The van der Waals surface area contributed by atoms with Crippen LogP contribution in [0, 0.1) is 11.8 Å². The molecular formula is C12H22N2O. The molecule has 2 aliphatic rings. The maximum atomic E-state index is 11.0. The van der Waals surface area contributed by atoms with Gasteiger partial charge in [0.15, 0.2) is 0 Å². The first kappa shape index (κ1) is 10.9. The fourth-order valence-electron chi connectivity index (χ4n) is 2.60. The van der Waals surface area contributed by atoms with E-state index in [1.165, 1.54) is 32.1 Å². The van der Waals surface area contributed by atoms with Crippen LogP contribution in [0.4, 0.5) is 0 Å². The van der Waals surface area contributed by atoms with Crippen LogP contribution in [-0.2, 0) is 4.79 Å². The molecule has 3 heteroatoms. The fourth-order valence-corrected chi connectivity index (χ4v) is 2.60. The van der Waals surface area contributed by atoms with Gasteiger partial charge < -0.3 is 11.1 Å². The second kappa shape index (κ2) is 4.97. The molecule has 0 atom stereocenters. The molecular weight excluding hydrogens is 188 g/mol. The van der Waals surface area contributed by atoms with E-state index in [2.05, 4.69) is 5.32 Å². The van der Waals surface area contributed by atoms with Gasteiger partial charge in [0.2, 0.25) is 5.91 Å². The van der Waals surface area contributed by atoms with Crippen molar-refractivity contribution >= 4 is 5.91 Å². The molecule has 0 spiro atoms. The number of hydrogen-bond acceptors (Lipinski definition) is 2. The Morgan fingerprint density at radius 1 is 1.13 bits per heavy atom. The van der Waals surface area contributed by atoms with Gasteiger partial charge in [-0.3, -0.25) is 4.79 Å². The summed E-state index contributed by atoms with van der Waals surface area (Å²) in [6, 6.07) is 0.791. The molecule has 0 radical (unpaired) electrons. The van der Waals surface area contributed by atoms with Crippen LogP contribution in [0.2, 0.25) is 0 Å². The molecule has 86 valence electrons. The van der Waals surface area contributed by atoms with Crippen LogP contribution >= 0.6 is 0 Å². The van der Waals surface area contributed by atoms with E-state index in [1.807, 2.05) is 0 Å². The molecule has 0 aromatic heterocycles. The van der Waals surface area contributed by atoms with Crippen molar-refractivity contribution < 1.29 is 4.79 Å².